The summed E-state index contributed by atoms with van der Waals surface area (Å²) in [6.07, 6.45) is 17.7. The second-order valence-electron chi connectivity index (χ2n) is 8.07. The molecular formula is C23H35FO. The second-order valence-corrected chi connectivity index (χ2v) is 8.07. The Bertz CT molecular complexity index is 470. The second kappa shape index (κ2) is 10.7. The average molecular weight is 347 g/mol. The minimum absolute atomic E-state index is 0.178. The van der Waals surface area contributed by atoms with Crippen LogP contribution in [-0.2, 0) is 4.79 Å². The van der Waals surface area contributed by atoms with Gasteiger partial charge < -0.3 is 4.79 Å². The maximum absolute atomic E-state index is 11.9. The number of carbonyl (C=O) groups is 1. The summed E-state index contributed by atoms with van der Waals surface area (Å²) < 4.78 is 11.9. The van der Waals surface area contributed by atoms with E-state index in [4.69, 9.17) is 0 Å². The zero-order valence-electron chi connectivity index (χ0n) is 15.9. The molecule has 0 saturated heterocycles. The SMILES string of the molecule is CCCCC1(C2CCC(C=O)CC2)CCCCC1.Fc1ccccc1. The molecule has 1 nitrogen and oxygen atoms in total. The van der Waals surface area contributed by atoms with Gasteiger partial charge in [-0.05, 0) is 68.4 Å². The molecule has 0 aliphatic heterocycles. The summed E-state index contributed by atoms with van der Waals surface area (Å²) in [5.41, 5.74) is 0.669. The van der Waals surface area contributed by atoms with E-state index in [1.165, 1.54) is 95.5 Å². The molecule has 25 heavy (non-hydrogen) atoms. The fourth-order valence-corrected chi connectivity index (χ4v) is 4.93. The first kappa shape index (κ1) is 20.1. The van der Waals surface area contributed by atoms with Gasteiger partial charge in [-0.3, -0.25) is 0 Å². The van der Waals surface area contributed by atoms with Crippen LogP contribution in [0.3, 0.4) is 0 Å². The lowest BCUT2D eigenvalue weighted by Crippen LogP contribution is -2.35. The van der Waals surface area contributed by atoms with Gasteiger partial charge in [-0.1, -0.05) is 57.2 Å². The number of halogens is 1. The maximum atomic E-state index is 11.9. The summed E-state index contributed by atoms with van der Waals surface area (Å²) in [7, 11) is 0. The summed E-state index contributed by atoms with van der Waals surface area (Å²) >= 11 is 0. The molecule has 0 heterocycles. The van der Waals surface area contributed by atoms with Crippen LogP contribution in [0.1, 0.15) is 84.0 Å². The van der Waals surface area contributed by atoms with E-state index in [-0.39, 0.29) is 5.82 Å². The predicted octanol–water partition coefficient (Wildman–Crippen LogP) is 6.96. The molecule has 3 rings (SSSR count). The number of unbranched alkanes of at least 4 members (excludes halogenated alkanes) is 1. The number of hydrogen-bond donors (Lipinski definition) is 0. The van der Waals surface area contributed by atoms with Crippen LogP contribution in [0.5, 0.6) is 0 Å². The normalized spacial score (nSPS) is 25.5. The van der Waals surface area contributed by atoms with Gasteiger partial charge in [-0.15, -0.1) is 0 Å². The Morgan fingerprint density at radius 2 is 1.68 bits per heavy atom. The van der Waals surface area contributed by atoms with Gasteiger partial charge in [-0.2, -0.15) is 0 Å². The summed E-state index contributed by atoms with van der Waals surface area (Å²) in [6, 6.07) is 7.94. The lowest BCUT2D eigenvalue weighted by Gasteiger charge is -2.46. The Kier molecular flexibility index (Phi) is 8.64. The third-order valence-electron chi connectivity index (χ3n) is 6.44. The first-order valence-corrected chi connectivity index (χ1v) is 10.4. The number of hydrogen-bond acceptors (Lipinski definition) is 1. The van der Waals surface area contributed by atoms with Gasteiger partial charge >= 0.3 is 0 Å². The molecule has 0 radical (unpaired) electrons. The molecule has 1 aromatic rings. The number of carbonyl (C=O) groups excluding carboxylic acids is 1. The van der Waals surface area contributed by atoms with Crippen LogP contribution in [0.2, 0.25) is 0 Å². The van der Waals surface area contributed by atoms with Crippen molar-refractivity contribution in [3.8, 4) is 0 Å². The van der Waals surface area contributed by atoms with Gasteiger partial charge in [0.2, 0.25) is 0 Å². The summed E-state index contributed by atoms with van der Waals surface area (Å²) in [6.45, 7) is 2.32. The van der Waals surface area contributed by atoms with E-state index >= 15 is 0 Å². The van der Waals surface area contributed by atoms with Crippen molar-refractivity contribution < 1.29 is 9.18 Å². The van der Waals surface area contributed by atoms with Crippen LogP contribution in [0, 0.1) is 23.1 Å². The van der Waals surface area contributed by atoms with Crippen molar-refractivity contribution in [2.24, 2.45) is 17.3 Å². The smallest absolute Gasteiger partial charge is 0.123 e. The summed E-state index contributed by atoms with van der Waals surface area (Å²) in [5, 5.41) is 0. The van der Waals surface area contributed by atoms with Crippen LogP contribution in [0.4, 0.5) is 4.39 Å². The van der Waals surface area contributed by atoms with Crippen LogP contribution in [0.15, 0.2) is 30.3 Å². The van der Waals surface area contributed by atoms with E-state index in [0.717, 1.165) is 5.92 Å². The van der Waals surface area contributed by atoms with E-state index in [2.05, 4.69) is 6.92 Å². The average Bonchev–Trinajstić information content (AvgIpc) is 2.68. The van der Waals surface area contributed by atoms with Crippen molar-refractivity contribution >= 4 is 6.29 Å². The Balaban J connectivity index is 0.000000269. The fourth-order valence-electron chi connectivity index (χ4n) is 4.93. The summed E-state index contributed by atoms with van der Waals surface area (Å²) in [4.78, 5) is 10.9. The number of benzene rings is 1. The largest absolute Gasteiger partial charge is 0.303 e. The Labute approximate surface area is 153 Å². The minimum Gasteiger partial charge on any atom is -0.303 e. The quantitative estimate of drug-likeness (QED) is 0.527. The van der Waals surface area contributed by atoms with Crippen molar-refractivity contribution in [2.45, 2.75) is 84.0 Å². The van der Waals surface area contributed by atoms with E-state index in [0.29, 0.717) is 11.3 Å². The topological polar surface area (TPSA) is 17.1 Å². The molecule has 0 atom stereocenters. The molecule has 2 heteroatoms. The number of aldehydes is 1. The molecule has 140 valence electrons. The van der Waals surface area contributed by atoms with Crippen LogP contribution >= 0.6 is 0 Å². The molecule has 2 saturated carbocycles. The van der Waals surface area contributed by atoms with E-state index in [9.17, 15) is 9.18 Å². The highest BCUT2D eigenvalue weighted by molar-refractivity contribution is 5.53. The molecule has 2 aliphatic carbocycles. The van der Waals surface area contributed by atoms with E-state index < -0.39 is 0 Å². The first-order valence-electron chi connectivity index (χ1n) is 10.4. The monoisotopic (exact) mass is 346 g/mol. The molecular weight excluding hydrogens is 311 g/mol. The Morgan fingerprint density at radius 1 is 1.04 bits per heavy atom. The molecule has 0 unspecified atom stereocenters. The van der Waals surface area contributed by atoms with Gasteiger partial charge in [0.05, 0.1) is 0 Å². The van der Waals surface area contributed by atoms with Crippen LogP contribution < -0.4 is 0 Å². The van der Waals surface area contributed by atoms with Gasteiger partial charge in [0, 0.05) is 5.92 Å². The van der Waals surface area contributed by atoms with E-state index in [1.807, 2.05) is 0 Å². The minimum atomic E-state index is -0.178. The van der Waals surface area contributed by atoms with Crippen molar-refractivity contribution in [1.29, 1.82) is 0 Å². The predicted molar refractivity (Wildman–Crippen MR) is 103 cm³/mol. The highest BCUT2D eigenvalue weighted by Gasteiger charge is 2.40. The molecule has 1 aromatic carbocycles. The van der Waals surface area contributed by atoms with Crippen LogP contribution in [0.25, 0.3) is 0 Å². The Morgan fingerprint density at radius 3 is 2.16 bits per heavy atom. The summed E-state index contributed by atoms with van der Waals surface area (Å²) in [5.74, 6) is 1.14. The zero-order valence-corrected chi connectivity index (χ0v) is 15.9. The first-order chi connectivity index (χ1) is 12.2. The molecule has 0 N–H and O–H groups in total. The van der Waals surface area contributed by atoms with Gasteiger partial charge in [0.25, 0.3) is 0 Å². The van der Waals surface area contributed by atoms with Crippen molar-refractivity contribution in [1.82, 2.24) is 0 Å². The maximum Gasteiger partial charge on any atom is 0.123 e. The third kappa shape index (κ3) is 6.24. The van der Waals surface area contributed by atoms with Crippen molar-refractivity contribution in [3.63, 3.8) is 0 Å². The molecule has 0 bridgehead atoms. The lowest BCUT2D eigenvalue weighted by molar-refractivity contribution is -0.112. The Hall–Kier alpha value is -1.18. The standard InChI is InChI=1S/C17H30O.C6H5F/c1-2-3-11-17(12-5-4-6-13-17)16-9-7-15(14-18)8-10-16;7-6-4-2-1-3-5-6/h14-16H,2-13H2,1H3;1-5H. The fraction of sp³-hybridized carbons (Fsp3) is 0.696. The third-order valence-corrected chi connectivity index (χ3v) is 6.44. The molecule has 2 fully saturated rings. The molecule has 0 aromatic heterocycles. The highest BCUT2D eigenvalue weighted by atomic mass is 19.1. The van der Waals surface area contributed by atoms with Gasteiger partial charge in [0.1, 0.15) is 12.1 Å². The van der Waals surface area contributed by atoms with Crippen LogP contribution in [-0.4, -0.2) is 6.29 Å². The molecule has 0 amide bonds. The number of rotatable bonds is 5. The lowest BCUT2D eigenvalue weighted by atomic mass is 9.59. The van der Waals surface area contributed by atoms with Gasteiger partial charge in [-0.25, -0.2) is 4.39 Å². The zero-order chi connectivity index (χ0) is 18.0. The molecule has 0 spiro atoms. The molecule has 2 aliphatic rings. The van der Waals surface area contributed by atoms with E-state index in [1.54, 1.807) is 18.2 Å². The van der Waals surface area contributed by atoms with Gasteiger partial charge in [0.15, 0.2) is 0 Å². The highest BCUT2D eigenvalue weighted by Crippen LogP contribution is 2.51. The van der Waals surface area contributed by atoms with Crippen molar-refractivity contribution in [3.05, 3.63) is 36.1 Å². The van der Waals surface area contributed by atoms with Crippen molar-refractivity contribution in [2.75, 3.05) is 0 Å².